The van der Waals surface area contributed by atoms with E-state index in [2.05, 4.69) is 0 Å². The minimum atomic E-state index is -3.67. The summed E-state index contributed by atoms with van der Waals surface area (Å²) in [4.78, 5) is 0.131. The van der Waals surface area contributed by atoms with Crippen LogP contribution in [0.2, 0.25) is 0 Å². The Morgan fingerprint density at radius 2 is 1.90 bits per heavy atom. The molecule has 0 spiro atoms. The van der Waals surface area contributed by atoms with Crippen LogP contribution in [0.15, 0.2) is 11.0 Å². The number of hydrogen-bond acceptors (Lipinski definition) is 3. The second-order valence-electron chi connectivity index (χ2n) is 5.51. The average molecular weight is 316 g/mol. The van der Waals surface area contributed by atoms with Gasteiger partial charge < -0.3 is 5.73 Å². The molecule has 4 nitrogen and oxygen atoms in total. The quantitative estimate of drug-likeness (QED) is 0.820. The standard InChI is InChI=1S/C15H25FN2O2S/c1-6-10(3)9-18(7-2)21(19,20)15-11(4)8-13(16)14(17)12(15)5/h8,10H,6-7,9,17H2,1-5H3. The monoisotopic (exact) mass is 316 g/mol. The van der Waals surface area contributed by atoms with E-state index in [-0.39, 0.29) is 22.1 Å². The molecule has 0 aromatic heterocycles. The number of rotatable bonds is 6. The van der Waals surface area contributed by atoms with Crippen molar-refractivity contribution in [2.24, 2.45) is 5.92 Å². The van der Waals surface area contributed by atoms with Crippen molar-refractivity contribution in [3.63, 3.8) is 0 Å². The summed E-state index contributed by atoms with van der Waals surface area (Å²) in [6.07, 6.45) is 0.898. The predicted octanol–water partition coefficient (Wildman–Crippen LogP) is 3.08. The maximum Gasteiger partial charge on any atom is 0.243 e. The van der Waals surface area contributed by atoms with E-state index in [1.165, 1.54) is 10.4 Å². The van der Waals surface area contributed by atoms with Crippen LogP contribution in [-0.4, -0.2) is 25.8 Å². The fraction of sp³-hybridized carbons (Fsp3) is 0.600. The first-order valence-electron chi connectivity index (χ1n) is 7.22. The number of benzene rings is 1. The van der Waals surface area contributed by atoms with Crippen molar-refractivity contribution in [1.82, 2.24) is 4.31 Å². The number of anilines is 1. The Kier molecular flexibility index (Phi) is 5.75. The molecule has 1 aromatic rings. The summed E-state index contributed by atoms with van der Waals surface area (Å²) < 4.78 is 40.8. The van der Waals surface area contributed by atoms with Crippen LogP contribution in [0.5, 0.6) is 0 Å². The van der Waals surface area contributed by atoms with E-state index >= 15 is 0 Å². The molecule has 1 rings (SSSR count). The van der Waals surface area contributed by atoms with Crippen molar-refractivity contribution in [2.45, 2.75) is 45.9 Å². The Bertz CT molecular complexity index is 615. The van der Waals surface area contributed by atoms with Gasteiger partial charge in [-0.25, -0.2) is 12.8 Å². The summed E-state index contributed by atoms with van der Waals surface area (Å²) >= 11 is 0. The molecule has 0 aliphatic rings. The zero-order chi connectivity index (χ0) is 16.4. The Labute approximate surface area is 127 Å². The molecule has 1 unspecified atom stereocenters. The predicted molar refractivity (Wildman–Crippen MR) is 84.2 cm³/mol. The molecule has 21 heavy (non-hydrogen) atoms. The van der Waals surface area contributed by atoms with Gasteiger partial charge in [0.15, 0.2) is 0 Å². The zero-order valence-corrected chi connectivity index (χ0v) is 14.2. The molecule has 0 amide bonds. The van der Waals surface area contributed by atoms with E-state index in [1.807, 2.05) is 13.8 Å². The van der Waals surface area contributed by atoms with Crippen LogP contribution < -0.4 is 5.73 Å². The van der Waals surface area contributed by atoms with Gasteiger partial charge in [0, 0.05) is 13.1 Å². The Hall–Kier alpha value is -1.14. The van der Waals surface area contributed by atoms with Crippen LogP contribution in [0.3, 0.4) is 0 Å². The molecule has 0 aliphatic heterocycles. The van der Waals surface area contributed by atoms with Gasteiger partial charge in [-0.05, 0) is 37.0 Å². The number of aryl methyl sites for hydroxylation is 1. The molecule has 0 radical (unpaired) electrons. The molecule has 0 bridgehead atoms. The van der Waals surface area contributed by atoms with Crippen molar-refractivity contribution in [1.29, 1.82) is 0 Å². The maximum absolute atomic E-state index is 13.6. The molecule has 0 fully saturated rings. The van der Waals surface area contributed by atoms with Gasteiger partial charge in [0.2, 0.25) is 10.0 Å². The van der Waals surface area contributed by atoms with Gasteiger partial charge in [-0.1, -0.05) is 27.2 Å². The Morgan fingerprint density at radius 3 is 2.38 bits per heavy atom. The van der Waals surface area contributed by atoms with Crippen molar-refractivity contribution in [2.75, 3.05) is 18.8 Å². The lowest BCUT2D eigenvalue weighted by Crippen LogP contribution is -2.35. The van der Waals surface area contributed by atoms with Gasteiger partial charge >= 0.3 is 0 Å². The first kappa shape index (κ1) is 17.9. The lowest BCUT2D eigenvalue weighted by atomic mass is 10.1. The summed E-state index contributed by atoms with van der Waals surface area (Å²) in [5, 5.41) is 0. The molecule has 120 valence electrons. The fourth-order valence-corrected chi connectivity index (χ4v) is 4.34. The third-order valence-corrected chi connectivity index (χ3v) is 6.10. The Balaban J connectivity index is 3.39. The fourth-order valence-electron chi connectivity index (χ4n) is 2.33. The lowest BCUT2D eigenvalue weighted by Gasteiger charge is -2.25. The largest absolute Gasteiger partial charge is 0.396 e. The van der Waals surface area contributed by atoms with Crippen LogP contribution in [0.1, 0.15) is 38.3 Å². The molecule has 2 N–H and O–H groups in total. The molecule has 0 heterocycles. The van der Waals surface area contributed by atoms with Crippen molar-refractivity contribution >= 4 is 15.7 Å². The van der Waals surface area contributed by atoms with Crippen molar-refractivity contribution in [3.8, 4) is 0 Å². The molecule has 0 saturated carbocycles. The average Bonchev–Trinajstić information content (AvgIpc) is 2.41. The third kappa shape index (κ3) is 3.55. The van der Waals surface area contributed by atoms with E-state index in [0.29, 0.717) is 18.7 Å². The normalized spacial score (nSPS) is 13.7. The second kappa shape index (κ2) is 6.75. The molecular weight excluding hydrogens is 291 g/mol. The Morgan fingerprint density at radius 1 is 1.33 bits per heavy atom. The van der Waals surface area contributed by atoms with Crippen molar-refractivity contribution in [3.05, 3.63) is 23.0 Å². The van der Waals surface area contributed by atoms with Gasteiger partial charge in [-0.2, -0.15) is 4.31 Å². The van der Waals surface area contributed by atoms with Gasteiger partial charge in [0.1, 0.15) is 5.82 Å². The number of nitrogens with two attached hydrogens (primary N) is 1. The summed E-state index contributed by atoms with van der Waals surface area (Å²) in [5.41, 5.74) is 6.24. The molecule has 6 heteroatoms. The number of nitrogen functional groups attached to an aromatic ring is 1. The number of sulfonamides is 1. The highest BCUT2D eigenvalue weighted by Gasteiger charge is 2.29. The number of hydrogen-bond donors (Lipinski definition) is 1. The van der Waals surface area contributed by atoms with Gasteiger partial charge in [-0.3, -0.25) is 0 Å². The number of halogens is 1. The summed E-state index contributed by atoms with van der Waals surface area (Å²) in [6.45, 7) is 9.81. The van der Waals surface area contributed by atoms with Crippen LogP contribution in [0, 0.1) is 25.6 Å². The topological polar surface area (TPSA) is 63.4 Å². The first-order valence-corrected chi connectivity index (χ1v) is 8.66. The van der Waals surface area contributed by atoms with E-state index in [1.54, 1.807) is 20.8 Å². The highest BCUT2D eigenvalue weighted by molar-refractivity contribution is 7.89. The second-order valence-corrected chi connectivity index (χ2v) is 7.39. The van der Waals surface area contributed by atoms with Crippen LogP contribution in [0.25, 0.3) is 0 Å². The smallest absolute Gasteiger partial charge is 0.243 e. The van der Waals surface area contributed by atoms with Crippen LogP contribution >= 0.6 is 0 Å². The minimum Gasteiger partial charge on any atom is -0.396 e. The highest BCUT2D eigenvalue weighted by atomic mass is 32.2. The van der Waals surface area contributed by atoms with Gasteiger partial charge in [-0.15, -0.1) is 0 Å². The van der Waals surface area contributed by atoms with E-state index < -0.39 is 15.8 Å². The summed E-state index contributed by atoms with van der Waals surface area (Å²) in [5.74, 6) is -0.313. The molecule has 1 atom stereocenters. The summed E-state index contributed by atoms with van der Waals surface area (Å²) in [7, 11) is -3.67. The molecule has 1 aromatic carbocycles. The molecular formula is C15H25FN2O2S. The molecule has 0 aliphatic carbocycles. The van der Waals surface area contributed by atoms with Crippen LogP contribution in [-0.2, 0) is 10.0 Å². The SMILES string of the molecule is CCC(C)CN(CC)S(=O)(=O)c1c(C)cc(F)c(N)c1C. The zero-order valence-electron chi connectivity index (χ0n) is 13.4. The van der Waals surface area contributed by atoms with E-state index in [9.17, 15) is 12.8 Å². The third-order valence-electron chi connectivity index (χ3n) is 3.87. The van der Waals surface area contributed by atoms with E-state index in [0.717, 1.165) is 6.42 Å². The minimum absolute atomic E-state index is 0.0984. The van der Waals surface area contributed by atoms with Gasteiger partial charge in [0.05, 0.1) is 10.6 Å². The molecule has 0 saturated heterocycles. The van der Waals surface area contributed by atoms with Gasteiger partial charge in [0.25, 0.3) is 0 Å². The van der Waals surface area contributed by atoms with Crippen molar-refractivity contribution < 1.29 is 12.8 Å². The first-order chi connectivity index (χ1) is 9.66. The lowest BCUT2D eigenvalue weighted by molar-refractivity contribution is 0.361. The van der Waals surface area contributed by atoms with Crippen LogP contribution in [0.4, 0.5) is 10.1 Å². The van der Waals surface area contributed by atoms with E-state index in [4.69, 9.17) is 5.73 Å². The maximum atomic E-state index is 13.6. The highest BCUT2D eigenvalue weighted by Crippen LogP contribution is 2.30. The number of nitrogens with zero attached hydrogens (tertiary/aromatic N) is 1. The summed E-state index contributed by atoms with van der Waals surface area (Å²) in [6, 6.07) is 1.19.